The number of carbonyl (C=O) groups excluding carboxylic acids is 2. The molecule has 1 saturated heterocycles. The van der Waals surface area contributed by atoms with Crippen LogP contribution in [0.2, 0.25) is 5.02 Å². The van der Waals surface area contributed by atoms with Crippen LogP contribution in [-0.2, 0) is 9.59 Å². The Morgan fingerprint density at radius 3 is 2.86 bits per heavy atom. The zero-order chi connectivity index (χ0) is 25.7. The van der Waals surface area contributed by atoms with E-state index in [-0.39, 0.29) is 28.1 Å². The van der Waals surface area contributed by atoms with Gasteiger partial charge in [0.1, 0.15) is 12.4 Å². The van der Waals surface area contributed by atoms with Gasteiger partial charge in [-0.25, -0.2) is 9.37 Å². The van der Waals surface area contributed by atoms with Crippen LogP contribution in [-0.4, -0.2) is 59.0 Å². The Hall–Kier alpha value is -4.45. The van der Waals surface area contributed by atoms with Crippen molar-refractivity contribution in [2.45, 2.75) is 31.3 Å². The molecule has 2 aromatic heterocycles. The van der Waals surface area contributed by atoms with Crippen LogP contribution in [0.25, 0.3) is 22.2 Å². The van der Waals surface area contributed by atoms with E-state index in [0.717, 1.165) is 0 Å². The van der Waals surface area contributed by atoms with E-state index in [9.17, 15) is 14.4 Å². The lowest BCUT2D eigenvalue weighted by Crippen LogP contribution is -2.48. The number of hydrogen-bond donors (Lipinski definition) is 2. The van der Waals surface area contributed by atoms with Gasteiger partial charge in [0.05, 0.1) is 27.9 Å². The fourth-order valence-corrected chi connectivity index (χ4v) is 5.22. The van der Waals surface area contributed by atoms with Crippen molar-refractivity contribution < 1.29 is 14.0 Å². The van der Waals surface area contributed by atoms with E-state index in [1.807, 2.05) is 0 Å². The van der Waals surface area contributed by atoms with E-state index in [1.165, 1.54) is 34.4 Å². The number of tetrazole rings is 1. The maximum Gasteiger partial charge on any atom is 0.258 e. The Bertz CT molecular complexity index is 1650. The first kappa shape index (κ1) is 23.0. The lowest BCUT2D eigenvalue weighted by molar-refractivity contribution is -0.135. The summed E-state index contributed by atoms with van der Waals surface area (Å²) in [7, 11) is 0. The number of carbonyl (C=O) groups is 2. The number of aromatic amines is 1. The molecule has 2 amide bonds. The molecule has 2 N–H and O–H groups in total. The number of halogens is 2. The highest BCUT2D eigenvalue weighted by Crippen LogP contribution is 2.40. The zero-order valence-corrected chi connectivity index (χ0v) is 19.8. The number of H-pyrrole nitrogens is 1. The van der Waals surface area contributed by atoms with Crippen molar-refractivity contribution in [3.8, 4) is 5.69 Å². The fraction of sp³-hybridized carbons (Fsp3) is 0.208. The van der Waals surface area contributed by atoms with Gasteiger partial charge in [0.25, 0.3) is 5.56 Å². The van der Waals surface area contributed by atoms with E-state index in [1.54, 1.807) is 24.3 Å². The predicted molar refractivity (Wildman–Crippen MR) is 131 cm³/mol. The van der Waals surface area contributed by atoms with Gasteiger partial charge in [-0.15, -0.1) is 5.10 Å². The number of aromatic nitrogens is 6. The molecule has 2 aliphatic heterocycles. The summed E-state index contributed by atoms with van der Waals surface area (Å²) in [6, 6.07) is 6.82. The second-order valence-corrected chi connectivity index (χ2v) is 9.24. The van der Waals surface area contributed by atoms with Crippen molar-refractivity contribution in [3.63, 3.8) is 0 Å². The fourth-order valence-electron chi connectivity index (χ4n) is 5.07. The highest BCUT2D eigenvalue weighted by atomic mass is 35.5. The number of nitrogens with one attached hydrogen (secondary N) is 2. The quantitative estimate of drug-likeness (QED) is 0.421. The monoisotopic (exact) mass is 520 g/mol. The Balaban J connectivity index is 1.28. The first-order valence-electron chi connectivity index (χ1n) is 11.4. The van der Waals surface area contributed by atoms with Crippen molar-refractivity contribution in [1.82, 2.24) is 35.1 Å². The first-order valence-corrected chi connectivity index (χ1v) is 11.8. The Labute approximate surface area is 212 Å². The van der Waals surface area contributed by atoms with Gasteiger partial charge in [-0.3, -0.25) is 14.4 Å². The predicted octanol–water partition coefficient (Wildman–Crippen LogP) is 2.48. The van der Waals surface area contributed by atoms with E-state index in [4.69, 9.17) is 11.6 Å². The Kier molecular flexibility index (Phi) is 5.52. The third-order valence-electron chi connectivity index (χ3n) is 6.71. The van der Waals surface area contributed by atoms with E-state index < -0.39 is 17.8 Å². The number of nitrogens with zero attached hydrogens (tertiary/aromatic N) is 6. The molecule has 186 valence electrons. The molecular weight excluding hydrogens is 503 g/mol. The number of anilines is 1. The SMILES string of the molecule is O=C(Nc1ccc2nc[nH]c(=O)c2c1)[C@@H]1CC[C@@H]2CC(c3c(-n4cnnn4)ccc(Cl)c3F)=CC(=O)N21. The third-order valence-corrected chi connectivity index (χ3v) is 7.00. The molecular formula is C24H18ClFN8O3. The second-order valence-electron chi connectivity index (χ2n) is 8.83. The van der Waals surface area contributed by atoms with Crippen LogP contribution >= 0.6 is 11.6 Å². The molecule has 37 heavy (non-hydrogen) atoms. The van der Waals surface area contributed by atoms with Crippen molar-refractivity contribution in [2.75, 3.05) is 5.32 Å². The van der Waals surface area contributed by atoms with Gasteiger partial charge >= 0.3 is 0 Å². The van der Waals surface area contributed by atoms with Gasteiger partial charge in [-0.1, -0.05) is 11.6 Å². The van der Waals surface area contributed by atoms with Gasteiger partial charge in [-0.05, 0) is 65.6 Å². The summed E-state index contributed by atoms with van der Waals surface area (Å²) < 4.78 is 16.5. The summed E-state index contributed by atoms with van der Waals surface area (Å²) in [6.45, 7) is 0. The normalized spacial score (nSPS) is 19.1. The number of amides is 2. The van der Waals surface area contributed by atoms with Gasteiger partial charge in [-0.2, -0.15) is 4.68 Å². The van der Waals surface area contributed by atoms with E-state index >= 15 is 4.39 Å². The topological polar surface area (TPSA) is 139 Å². The summed E-state index contributed by atoms with van der Waals surface area (Å²) in [5, 5.41) is 14.1. The second kappa shape index (κ2) is 8.89. The van der Waals surface area contributed by atoms with Crippen LogP contribution in [0, 0.1) is 5.82 Å². The summed E-state index contributed by atoms with van der Waals surface area (Å²) in [5.41, 5.74) is 1.57. The number of benzene rings is 2. The maximum atomic E-state index is 15.2. The molecule has 4 aromatic rings. The summed E-state index contributed by atoms with van der Waals surface area (Å²) in [4.78, 5) is 46.6. The highest BCUT2D eigenvalue weighted by molar-refractivity contribution is 6.31. The van der Waals surface area contributed by atoms with E-state index in [0.29, 0.717) is 47.1 Å². The molecule has 0 spiro atoms. The molecule has 0 unspecified atom stereocenters. The number of fused-ring (bicyclic) bond motifs is 2. The number of rotatable bonds is 4. The minimum atomic E-state index is -0.707. The summed E-state index contributed by atoms with van der Waals surface area (Å²) >= 11 is 6.07. The minimum absolute atomic E-state index is 0.0873. The first-order chi connectivity index (χ1) is 17.9. The standard InChI is InChI=1S/C24H18ClFN8O3/c25-16-3-6-18(33-11-29-31-32-33)21(22(16)26)12-7-14-2-5-19(34(14)20(35)8-12)24(37)30-13-1-4-17-15(9-13)23(36)28-10-27-17/h1,3-4,6,8-11,14,19H,2,5,7H2,(H,30,37)(H,27,28,36)/t14-,19+/m1/s1. The van der Waals surface area contributed by atoms with E-state index in [2.05, 4.69) is 30.8 Å². The van der Waals surface area contributed by atoms with Gasteiger partial charge in [0.2, 0.25) is 11.8 Å². The van der Waals surface area contributed by atoms with Crippen molar-refractivity contribution in [3.05, 3.63) is 75.8 Å². The van der Waals surface area contributed by atoms with Crippen molar-refractivity contribution >= 4 is 45.6 Å². The van der Waals surface area contributed by atoms with Crippen molar-refractivity contribution in [2.24, 2.45) is 0 Å². The Morgan fingerprint density at radius 1 is 1.19 bits per heavy atom. The molecule has 1 fully saturated rings. The summed E-state index contributed by atoms with van der Waals surface area (Å²) in [5.74, 6) is -1.43. The minimum Gasteiger partial charge on any atom is -0.324 e. The molecule has 2 aliphatic rings. The third kappa shape index (κ3) is 3.95. The molecule has 13 heteroatoms. The lowest BCUT2D eigenvalue weighted by Gasteiger charge is -2.33. The molecule has 0 bridgehead atoms. The maximum absolute atomic E-state index is 15.2. The average molecular weight is 521 g/mol. The molecule has 2 aromatic carbocycles. The molecule has 6 rings (SSSR count). The van der Waals surface area contributed by atoms with Crippen LogP contribution in [0.15, 0.2) is 53.9 Å². The van der Waals surface area contributed by atoms with Crippen LogP contribution in [0.3, 0.4) is 0 Å². The molecule has 11 nitrogen and oxygen atoms in total. The smallest absolute Gasteiger partial charge is 0.258 e. The highest BCUT2D eigenvalue weighted by Gasteiger charge is 2.43. The molecule has 0 radical (unpaired) electrons. The molecule has 0 saturated carbocycles. The van der Waals surface area contributed by atoms with Gasteiger partial charge in [0, 0.05) is 23.4 Å². The van der Waals surface area contributed by atoms with Crippen LogP contribution in [0.5, 0.6) is 0 Å². The largest absolute Gasteiger partial charge is 0.324 e. The zero-order valence-electron chi connectivity index (χ0n) is 19.1. The van der Waals surface area contributed by atoms with Gasteiger partial charge < -0.3 is 15.2 Å². The van der Waals surface area contributed by atoms with Crippen LogP contribution < -0.4 is 10.9 Å². The molecule has 2 atom stereocenters. The van der Waals surface area contributed by atoms with Gasteiger partial charge in [0.15, 0.2) is 5.82 Å². The van der Waals surface area contributed by atoms with Crippen LogP contribution in [0.4, 0.5) is 10.1 Å². The Morgan fingerprint density at radius 2 is 2.05 bits per heavy atom. The van der Waals surface area contributed by atoms with Crippen molar-refractivity contribution in [1.29, 1.82) is 0 Å². The summed E-state index contributed by atoms with van der Waals surface area (Å²) in [6.07, 6.45) is 5.31. The lowest BCUT2D eigenvalue weighted by atomic mass is 9.92. The molecule has 4 heterocycles. The average Bonchev–Trinajstić information content (AvgIpc) is 3.57. The number of hydrogen-bond acceptors (Lipinski definition) is 7. The van der Waals surface area contributed by atoms with Crippen LogP contribution in [0.1, 0.15) is 24.8 Å². The molecule has 0 aliphatic carbocycles.